The highest BCUT2D eigenvalue weighted by molar-refractivity contribution is 7.13. The third-order valence-corrected chi connectivity index (χ3v) is 3.41. The van der Waals surface area contributed by atoms with Crippen molar-refractivity contribution in [2.45, 2.75) is 13.0 Å². The minimum Gasteiger partial charge on any atom is -0.323 e. The van der Waals surface area contributed by atoms with Gasteiger partial charge in [-0.2, -0.15) is 0 Å². The minimum absolute atomic E-state index is 0.0679. The SMILES string of the molecule is CC(N)c1csc(N(C)c2ccc(F)cc2)n1. The average Bonchev–Trinajstić information content (AvgIpc) is 2.78. The molecule has 5 heteroatoms. The number of hydrogen-bond acceptors (Lipinski definition) is 4. The van der Waals surface area contributed by atoms with Crippen molar-refractivity contribution in [3.8, 4) is 0 Å². The highest BCUT2D eigenvalue weighted by Crippen LogP contribution is 2.28. The van der Waals surface area contributed by atoms with Gasteiger partial charge in [0.1, 0.15) is 5.82 Å². The number of hydrogen-bond donors (Lipinski definition) is 1. The van der Waals surface area contributed by atoms with Gasteiger partial charge in [-0.05, 0) is 31.2 Å². The molecule has 3 nitrogen and oxygen atoms in total. The van der Waals surface area contributed by atoms with Gasteiger partial charge in [-0.1, -0.05) is 0 Å². The van der Waals surface area contributed by atoms with Crippen LogP contribution in [0.5, 0.6) is 0 Å². The summed E-state index contributed by atoms with van der Waals surface area (Å²) in [7, 11) is 1.90. The average molecular weight is 251 g/mol. The van der Waals surface area contributed by atoms with Gasteiger partial charge in [-0.15, -0.1) is 11.3 Å². The van der Waals surface area contributed by atoms with Gasteiger partial charge in [0.15, 0.2) is 5.13 Å². The Morgan fingerprint density at radius 1 is 1.35 bits per heavy atom. The number of aromatic nitrogens is 1. The molecule has 0 aliphatic carbocycles. The Balaban J connectivity index is 2.24. The Kier molecular flexibility index (Phi) is 3.40. The van der Waals surface area contributed by atoms with Crippen molar-refractivity contribution in [2.75, 3.05) is 11.9 Å². The van der Waals surface area contributed by atoms with Gasteiger partial charge >= 0.3 is 0 Å². The third kappa shape index (κ3) is 2.62. The molecule has 0 spiro atoms. The molecule has 0 bridgehead atoms. The standard InChI is InChI=1S/C12H14FN3S/c1-8(14)11-7-17-12(15-11)16(2)10-5-3-9(13)4-6-10/h3-8H,14H2,1-2H3. The molecule has 17 heavy (non-hydrogen) atoms. The van der Waals surface area contributed by atoms with Crippen LogP contribution in [0.15, 0.2) is 29.6 Å². The fourth-order valence-corrected chi connectivity index (χ4v) is 2.33. The third-order valence-electron chi connectivity index (χ3n) is 2.48. The largest absolute Gasteiger partial charge is 0.323 e. The molecule has 0 fully saturated rings. The van der Waals surface area contributed by atoms with Gasteiger partial charge in [0.05, 0.1) is 5.69 Å². The quantitative estimate of drug-likeness (QED) is 0.911. The van der Waals surface area contributed by atoms with Crippen LogP contribution < -0.4 is 10.6 Å². The second-order valence-electron chi connectivity index (χ2n) is 3.88. The van der Waals surface area contributed by atoms with Crippen LogP contribution in [0.4, 0.5) is 15.2 Å². The van der Waals surface area contributed by atoms with Crippen LogP contribution in [0.25, 0.3) is 0 Å². The van der Waals surface area contributed by atoms with E-state index in [-0.39, 0.29) is 11.9 Å². The van der Waals surface area contributed by atoms with E-state index in [9.17, 15) is 4.39 Å². The second-order valence-corrected chi connectivity index (χ2v) is 4.72. The molecule has 0 saturated carbocycles. The molecule has 0 amide bonds. The zero-order chi connectivity index (χ0) is 12.4. The minimum atomic E-state index is -0.238. The first-order chi connectivity index (χ1) is 8.08. The molecule has 1 heterocycles. The Morgan fingerprint density at radius 2 is 2.00 bits per heavy atom. The van der Waals surface area contributed by atoms with E-state index in [1.54, 1.807) is 12.1 Å². The summed E-state index contributed by atoms with van der Waals surface area (Å²) in [5.41, 5.74) is 7.54. The molecule has 2 N–H and O–H groups in total. The fourth-order valence-electron chi connectivity index (χ4n) is 1.41. The summed E-state index contributed by atoms with van der Waals surface area (Å²) >= 11 is 1.53. The Hall–Kier alpha value is -1.46. The topological polar surface area (TPSA) is 42.1 Å². The molecule has 0 aliphatic heterocycles. The molecule has 1 aromatic carbocycles. The molecule has 2 rings (SSSR count). The lowest BCUT2D eigenvalue weighted by Crippen LogP contribution is -2.10. The Labute approximate surface area is 104 Å². The lowest BCUT2D eigenvalue weighted by atomic mass is 10.3. The van der Waals surface area contributed by atoms with E-state index in [0.717, 1.165) is 16.5 Å². The lowest BCUT2D eigenvalue weighted by molar-refractivity contribution is 0.628. The van der Waals surface area contributed by atoms with E-state index in [1.165, 1.54) is 23.5 Å². The van der Waals surface area contributed by atoms with Gasteiger partial charge < -0.3 is 10.6 Å². The van der Waals surface area contributed by atoms with Gasteiger partial charge in [0.2, 0.25) is 0 Å². The van der Waals surface area contributed by atoms with Crippen molar-refractivity contribution >= 4 is 22.2 Å². The molecule has 1 unspecified atom stereocenters. The van der Waals surface area contributed by atoms with Crippen LogP contribution in [-0.4, -0.2) is 12.0 Å². The maximum absolute atomic E-state index is 12.8. The molecule has 2 aromatic rings. The molecule has 1 atom stereocenters. The predicted octanol–water partition coefficient (Wildman–Crippen LogP) is 3.07. The molecule has 0 aliphatic rings. The number of rotatable bonds is 3. The summed E-state index contributed by atoms with van der Waals surface area (Å²) in [6, 6.07) is 6.25. The van der Waals surface area contributed by atoms with E-state index in [2.05, 4.69) is 4.98 Å². The van der Waals surface area contributed by atoms with Crippen molar-refractivity contribution in [3.63, 3.8) is 0 Å². The molecule has 1 aromatic heterocycles. The number of halogens is 1. The van der Waals surface area contributed by atoms with Crippen LogP contribution in [0.3, 0.4) is 0 Å². The van der Waals surface area contributed by atoms with E-state index < -0.39 is 0 Å². The van der Waals surface area contributed by atoms with Crippen molar-refractivity contribution in [1.82, 2.24) is 4.98 Å². The van der Waals surface area contributed by atoms with Crippen LogP contribution >= 0.6 is 11.3 Å². The van der Waals surface area contributed by atoms with Gasteiger partial charge in [0, 0.05) is 24.2 Å². The Bertz CT molecular complexity index is 493. The van der Waals surface area contributed by atoms with Crippen LogP contribution in [0.1, 0.15) is 18.7 Å². The smallest absolute Gasteiger partial charge is 0.189 e. The zero-order valence-corrected chi connectivity index (χ0v) is 10.5. The highest BCUT2D eigenvalue weighted by atomic mass is 32.1. The van der Waals surface area contributed by atoms with Crippen LogP contribution in [0.2, 0.25) is 0 Å². The monoisotopic (exact) mass is 251 g/mol. The number of thiazole rings is 1. The van der Waals surface area contributed by atoms with Crippen molar-refractivity contribution in [3.05, 3.63) is 41.2 Å². The predicted molar refractivity (Wildman–Crippen MR) is 69.2 cm³/mol. The van der Waals surface area contributed by atoms with Gasteiger partial charge in [-0.25, -0.2) is 9.37 Å². The number of nitrogens with two attached hydrogens (primary N) is 1. The van der Waals surface area contributed by atoms with Crippen LogP contribution in [-0.2, 0) is 0 Å². The fraction of sp³-hybridized carbons (Fsp3) is 0.250. The summed E-state index contributed by atoms with van der Waals surface area (Å²) in [6.07, 6.45) is 0. The molecular weight excluding hydrogens is 237 g/mol. The first-order valence-corrected chi connectivity index (χ1v) is 6.16. The summed E-state index contributed by atoms with van der Waals surface area (Å²) in [6.45, 7) is 1.90. The maximum atomic E-state index is 12.8. The summed E-state index contributed by atoms with van der Waals surface area (Å²) in [5, 5.41) is 2.80. The summed E-state index contributed by atoms with van der Waals surface area (Å²) < 4.78 is 12.8. The Morgan fingerprint density at radius 3 is 2.53 bits per heavy atom. The highest BCUT2D eigenvalue weighted by Gasteiger charge is 2.10. The number of benzene rings is 1. The van der Waals surface area contributed by atoms with Crippen molar-refractivity contribution in [1.29, 1.82) is 0 Å². The maximum Gasteiger partial charge on any atom is 0.189 e. The molecule has 0 saturated heterocycles. The lowest BCUT2D eigenvalue weighted by Gasteiger charge is -2.15. The second kappa shape index (κ2) is 4.81. The van der Waals surface area contributed by atoms with E-state index in [1.807, 2.05) is 24.3 Å². The summed E-state index contributed by atoms with van der Waals surface area (Å²) in [5.74, 6) is -0.238. The first kappa shape index (κ1) is 12.0. The van der Waals surface area contributed by atoms with Gasteiger partial charge in [0.25, 0.3) is 0 Å². The van der Waals surface area contributed by atoms with E-state index in [4.69, 9.17) is 5.73 Å². The van der Waals surface area contributed by atoms with Gasteiger partial charge in [-0.3, -0.25) is 0 Å². The number of anilines is 2. The molecule has 0 radical (unpaired) electrons. The normalized spacial score (nSPS) is 12.5. The number of nitrogens with zero attached hydrogens (tertiary/aromatic N) is 2. The van der Waals surface area contributed by atoms with Crippen LogP contribution in [0, 0.1) is 5.82 Å². The van der Waals surface area contributed by atoms with E-state index in [0.29, 0.717) is 0 Å². The first-order valence-electron chi connectivity index (χ1n) is 5.28. The molecule has 90 valence electrons. The molecular formula is C12H14FN3S. The summed E-state index contributed by atoms with van der Waals surface area (Å²) in [4.78, 5) is 6.35. The van der Waals surface area contributed by atoms with Crippen molar-refractivity contribution in [2.24, 2.45) is 5.73 Å². The van der Waals surface area contributed by atoms with E-state index >= 15 is 0 Å². The van der Waals surface area contributed by atoms with Crippen molar-refractivity contribution < 1.29 is 4.39 Å². The zero-order valence-electron chi connectivity index (χ0n) is 9.72.